The number of rotatable bonds is 12. The first-order chi connectivity index (χ1) is 18.5. The largest absolute Gasteiger partial charge is 0.352 e. The molecule has 0 fully saturated rings. The number of nitrogens with zero attached hydrogens (tertiary/aromatic N) is 2. The molecule has 3 aromatic carbocycles. The molecule has 0 aromatic heterocycles. The lowest BCUT2D eigenvalue weighted by molar-refractivity contribution is -0.140. The predicted molar refractivity (Wildman–Crippen MR) is 147 cm³/mol. The van der Waals surface area contributed by atoms with Gasteiger partial charge in [-0.15, -0.1) is 0 Å². The summed E-state index contributed by atoms with van der Waals surface area (Å²) in [6.45, 7) is 2.74. The monoisotopic (exact) mass is 557 g/mol. The van der Waals surface area contributed by atoms with Gasteiger partial charge in [-0.1, -0.05) is 61.5 Å². The highest BCUT2D eigenvalue weighted by molar-refractivity contribution is 7.92. The van der Waals surface area contributed by atoms with Crippen molar-refractivity contribution >= 4 is 27.5 Å². The molecular formula is C29H33F2N3O4S. The van der Waals surface area contributed by atoms with E-state index in [0.29, 0.717) is 6.42 Å². The van der Waals surface area contributed by atoms with Crippen LogP contribution in [0.2, 0.25) is 0 Å². The van der Waals surface area contributed by atoms with Crippen molar-refractivity contribution in [3.05, 3.63) is 102 Å². The van der Waals surface area contributed by atoms with E-state index in [-0.39, 0.29) is 30.3 Å². The Morgan fingerprint density at radius 1 is 0.949 bits per heavy atom. The molecule has 0 aliphatic rings. The summed E-state index contributed by atoms with van der Waals surface area (Å²) in [6.07, 6.45) is 1.66. The first-order valence-electron chi connectivity index (χ1n) is 12.6. The maximum atomic E-state index is 14.7. The van der Waals surface area contributed by atoms with Crippen LogP contribution in [0.25, 0.3) is 0 Å². The second-order valence-electron chi connectivity index (χ2n) is 9.39. The van der Waals surface area contributed by atoms with Crippen LogP contribution in [0.1, 0.15) is 31.4 Å². The lowest BCUT2D eigenvalue weighted by atomic mass is 10.0. The van der Waals surface area contributed by atoms with Crippen molar-refractivity contribution in [2.75, 3.05) is 17.1 Å². The lowest BCUT2D eigenvalue weighted by Crippen LogP contribution is -2.54. The third-order valence-corrected chi connectivity index (χ3v) is 7.49. The van der Waals surface area contributed by atoms with Gasteiger partial charge in [0.25, 0.3) is 0 Å². The van der Waals surface area contributed by atoms with E-state index in [1.807, 2.05) is 32.0 Å². The topological polar surface area (TPSA) is 86.8 Å². The van der Waals surface area contributed by atoms with E-state index in [9.17, 15) is 26.8 Å². The average Bonchev–Trinajstić information content (AvgIpc) is 2.89. The minimum atomic E-state index is -4.03. The summed E-state index contributed by atoms with van der Waals surface area (Å²) in [5.74, 6) is -2.43. The van der Waals surface area contributed by atoms with E-state index in [4.69, 9.17) is 0 Å². The molecule has 0 aliphatic heterocycles. The van der Waals surface area contributed by atoms with E-state index < -0.39 is 46.1 Å². The second-order valence-corrected chi connectivity index (χ2v) is 11.3. The number of benzene rings is 3. The minimum Gasteiger partial charge on any atom is -0.352 e. The minimum absolute atomic E-state index is 0.0413. The predicted octanol–water partition coefficient (Wildman–Crippen LogP) is 4.29. The zero-order valence-electron chi connectivity index (χ0n) is 22.2. The van der Waals surface area contributed by atoms with E-state index in [1.165, 1.54) is 35.2 Å². The van der Waals surface area contributed by atoms with Gasteiger partial charge in [-0.25, -0.2) is 17.2 Å². The molecule has 0 heterocycles. The summed E-state index contributed by atoms with van der Waals surface area (Å²) in [5, 5.41) is 2.90. The summed E-state index contributed by atoms with van der Waals surface area (Å²) in [6, 6.07) is 18.5. The van der Waals surface area contributed by atoms with Crippen molar-refractivity contribution < 1.29 is 26.8 Å². The van der Waals surface area contributed by atoms with Crippen LogP contribution >= 0.6 is 0 Å². The van der Waals surface area contributed by atoms with Crippen molar-refractivity contribution in [3.8, 4) is 0 Å². The fraction of sp³-hybridized carbons (Fsp3) is 0.310. The van der Waals surface area contributed by atoms with Crippen molar-refractivity contribution in [1.29, 1.82) is 0 Å². The Bertz CT molecular complexity index is 1390. The van der Waals surface area contributed by atoms with E-state index in [0.717, 1.165) is 28.3 Å². The van der Waals surface area contributed by atoms with Crippen molar-refractivity contribution in [2.45, 2.75) is 45.3 Å². The van der Waals surface area contributed by atoms with Crippen LogP contribution in [0, 0.1) is 11.6 Å². The van der Waals surface area contributed by atoms with Gasteiger partial charge < -0.3 is 10.2 Å². The van der Waals surface area contributed by atoms with Crippen LogP contribution in [0.3, 0.4) is 0 Å². The van der Waals surface area contributed by atoms with E-state index in [2.05, 4.69) is 5.32 Å². The van der Waals surface area contributed by atoms with Gasteiger partial charge in [0.05, 0.1) is 11.9 Å². The average molecular weight is 558 g/mol. The molecule has 0 saturated carbocycles. The van der Waals surface area contributed by atoms with Gasteiger partial charge in [0.1, 0.15) is 24.2 Å². The Labute approximate surface area is 228 Å². The molecule has 3 rings (SSSR count). The van der Waals surface area contributed by atoms with E-state index in [1.54, 1.807) is 18.2 Å². The molecule has 3 aromatic rings. The number of sulfonamides is 1. The third-order valence-electron chi connectivity index (χ3n) is 6.35. The maximum Gasteiger partial charge on any atom is 0.244 e. The zero-order valence-corrected chi connectivity index (χ0v) is 23.0. The van der Waals surface area contributed by atoms with Gasteiger partial charge in [-0.3, -0.25) is 13.9 Å². The highest BCUT2D eigenvalue weighted by Gasteiger charge is 2.33. The SMILES string of the molecule is CC[C@@H](C)NC(=O)[C@@H](Cc1ccccc1)N(Cc1ccccc1F)C(=O)CN(c1cccc(F)c1)S(C)(=O)=O. The van der Waals surface area contributed by atoms with Crippen LogP contribution in [0.4, 0.5) is 14.5 Å². The van der Waals surface area contributed by atoms with E-state index >= 15 is 0 Å². The summed E-state index contributed by atoms with van der Waals surface area (Å²) < 4.78 is 54.9. The molecule has 0 spiro atoms. The highest BCUT2D eigenvalue weighted by Crippen LogP contribution is 2.22. The van der Waals surface area contributed by atoms with Gasteiger partial charge >= 0.3 is 0 Å². The standard InChI is InChI=1S/C29H33F2N3O4S/c1-4-21(2)32-29(36)27(17-22-11-6-5-7-12-22)33(19-23-13-8-9-16-26(23)31)28(35)20-34(39(3,37)38)25-15-10-14-24(30)18-25/h5-16,18,21,27H,4,17,19-20H2,1-3H3,(H,32,36)/t21-,27-/m1/s1. The maximum absolute atomic E-state index is 14.7. The summed E-state index contributed by atoms with van der Waals surface area (Å²) >= 11 is 0. The number of halogens is 2. The normalized spacial score (nSPS) is 12.8. The Morgan fingerprint density at radius 2 is 1.62 bits per heavy atom. The Hall–Kier alpha value is -3.79. The van der Waals surface area contributed by atoms with Crippen molar-refractivity contribution in [2.24, 2.45) is 0 Å². The number of hydrogen-bond acceptors (Lipinski definition) is 4. The molecule has 0 radical (unpaired) electrons. The fourth-order valence-electron chi connectivity index (χ4n) is 4.05. The van der Waals surface area contributed by atoms with Gasteiger partial charge in [0.15, 0.2) is 0 Å². The molecule has 2 atom stereocenters. The van der Waals surface area contributed by atoms with Crippen LogP contribution in [-0.4, -0.2) is 50.0 Å². The summed E-state index contributed by atoms with van der Waals surface area (Å²) in [4.78, 5) is 28.6. The third kappa shape index (κ3) is 8.35. The molecular weight excluding hydrogens is 524 g/mol. The molecule has 10 heteroatoms. The first-order valence-corrected chi connectivity index (χ1v) is 14.4. The van der Waals surface area contributed by atoms with Crippen LogP contribution in [0.5, 0.6) is 0 Å². The van der Waals surface area contributed by atoms with Crippen molar-refractivity contribution in [1.82, 2.24) is 10.2 Å². The van der Waals surface area contributed by atoms with Crippen molar-refractivity contribution in [3.63, 3.8) is 0 Å². The number of nitrogens with one attached hydrogen (secondary N) is 1. The number of carbonyl (C=O) groups excluding carboxylic acids is 2. The smallest absolute Gasteiger partial charge is 0.244 e. The fourth-order valence-corrected chi connectivity index (χ4v) is 4.89. The molecule has 0 aliphatic carbocycles. The molecule has 0 unspecified atom stereocenters. The molecule has 7 nitrogen and oxygen atoms in total. The molecule has 0 saturated heterocycles. The second kappa shape index (κ2) is 13.3. The van der Waals surface area contributed by atoms with Crippen LogP contribution in [0.15, 0.2) is 78.9 Å². The molecule has 208 valence electrons. The molecule has 1 N–H and O–H groups in total. The lowest BCUT2D eigenvalue weighted by Gasteiger charge is -2.34. The number of amides is 2. The number of carbonyl (C=O) groups is 2. The first kappa shape index (κ1) is 29.8. The van der Waals surface area contributed by atoms with Crippen LogP contribution < -0.4 is 9.62 Å². The Balaban J connectivity index is 2.07. The zero-order chi connectivity index (χ0) is 28.6. The molecule has 0 bridgehead atoms. The summed E-state index contributed by atoms with van der Waals surface area (Å²) in [7, 11) is -4.03. The molecule has 2 amide bonds. The Morgan fingerprint density at radius 3 is 2.23 bits per heavy atom. The van der Waals surface area contributed by atoms with Gasteiger partial charge in [0, 0.05) is 24.6 Å². The number of hydrogen-bond donors (Lipinski definition) is 1. The highest BCUT2D eigenvalue weighted by atomic mass is 32.2. The van der Waals surface area contributed by atoms with Gasteiger partial charge in [-0.2, -0.15) is 0 Å². The van der Waals surface area contributed by atoms with Crippen LogP contribution in [-0.2, 0) is 32.6 Å². The quantitative estimate of drug-likeness (QED) is 0.360. The number of anilines is 1. The van der Waals surface area contributed by atoms with Gasteiger partial charge in [-0.05, 0) is 43.2 Å². The van der Waals surface area contributed by atoms with Gasteiger partial charge in [0.2, 0.25) is 21.8 Å². The Kier molecular flexibility index (Phi) is 10.2. The molecule has 39 heavy (non-hydrogen) atoms. The summed E-state index contributed by atoms with van der Waals surface area (Å²) in [5.41, 5.74) is 0.885.